The van der Waals surface area contributed by atoms with Gasteiger partial charge in [0.05, 0.1) is 24.4 Å². The highest BCUT2D eigenvalue weighted by atomic mass is 32.2. The van der Waals surface area contributed by atoms with Crippen LogP contribution < -0.4 is 5.32 Å². The Kier molecular flexibility index (Phi) is 7.23. The molecule has 3 rings (SSSR count). The van der Waals surface area contributed by atoms with Crippen molar-refractivity contribution in [3.05, 3.63) is 35.9 Å². The van der Waals surface area contributed by atoms with Crippen molar-refractivity contribution in [3.8, 4) is 0 Å². The summed E-state index contributed by atoms with van der Waals surface area (Å²) in [6, 6.07) is 10.1. The van der Waals surface area contributed by atoms with Crippen molar-refractivity contribution in [1.29, 1.82) is 0 Å². The van der Waals surface area contributed by atoms with Gasteiger partial charge < -0.3 is 10.1 Å². The lowest BCUT2D eigenvalue weighted by molar-refractivity contribution is -0.119. The van der Waals surface area contributed by atoms with Crippen LogP contribution in [0.4, 0.5) is 0 Å². The monoisotopic (exact) mass is 389 g/mol. The number of nitrogens with zero attached hydrogens (tertiary/aromatic N) is 4. The lowest BCUT2D eigenvalue weighted by Gasteiger charge is -2.21. The van der Waals surface area contributed by atoms with Crippen LogP contribution in [0, 0.1) is 5.92 Å². The van der Waals surface area contributed by atoms with Gasteiger partial charge in [0.15, 0.2) is 0 Å². The van der Waals surface area contributed by atoms with Crippen LogP contribution in [0.3, 0.4) is 0 Å². The Labute approximate surface area is 164 Å². The molecule has 1 aromatic carbocycles. The zero-order chi connectivity index (χ0) is 19.1. The highest BCUT2D eigenvalue weighted by Gasteiger charge is 2.20. The molecule has 2 unspecified atom stereocenters. The van der Waals surface area contributed by atoms with Crippen LogP contribution in [-0.2, 0) is 16.1 Å². The Morgan fingerprint density at radius 1 is 1.37 bits per heavy atom. The standard InChI is InChI=1S/C19H27N5O2S/c1-14(2)11-17(15-7-4-3-5-8-15)20-18(25)13-27-19-21-22-23-24(19)12-16-9-6-10-26-16/h3-5,7-8,14,16-17H,6,9-13H2,1-2H3,(H,20,25). The summed E-state index contributed by atoms with van der Waals surface area (Å²) in [5.41, 5.74) is 1.13. The number of carbonyl (C=O) groups excluding carboxylic acids is 1. The van der Waals surface area contributed by atoms with Crippen LogP contribution in [0.5, 0.6) is 0 Å². The lowest BCUT2D eigenvalue weighted by Crippen LogP contribution is -2.31. The van der Waals surface area contributed by atoms with Crippen molar-refractivity contribution in [3.63, 3.8) is 0 Å². The fourth-order valence-corrected chi connectivity index (χ4v) is 3.89. The van der Waals surface area contributed by atoms with Crippen LogP contribution in [0.25, 0.3) is 0 Å². The van der Waals surface area contributed by atoms with Crippen molar-refractivity contribution in [2.75, 3.05) is 12.4 Å². The van der Waals surface area contributed by atoms with Gasteiger partial charge in [0.2, 0.25) is 11.1 Å². The molecule has 2 aromatic rings. The topological polar surface area (TPSA) is 81.9 Å². The van der Waals surface area contributed by atoms with E-state index in [9.17, 15) is 4.79 Å². The predicted molar refractivity (Wildman–Crippen MR) is 104 cm³/mol. The Morgan fingerprint density at radius 2 is 2.19 bits per heavy atom. The fraction of sp³-hybridized carbons (Fsp3) is 0.579. The molecule has 8 heteroatoms. The Bertz CT molecular complexity index is 716. The van der Waals surface area contributed by atoms with E-state index in [1.807, 2.05) is 18.2 Å². The number of ether oxygens (including phenoxy) is 1. The zero-order valence-corrected chi connectivity index (χ0v) is 16.7. The molecule has 1 fully saturated rings. The molecule has 0 saturated carbocycles. The van der Waals surface area contributed by atoms with Gasteiger partial charge in [-0.2, -0.15) is 0 Å². The fourth-order valence-electron chi connectivity index (χ4n) is 3.20. The van der Waals surface area contributed by atoms with Gasteiger partial charge in [0.1, 0.15) is 0 Å². The summed E-state index contributed by atoms with van der Waals surface area (Å²) in [6.07, 6.45) is 3.17. The van der Waals surface area contributed by atoms with Gasteiger partial charge in [0.25, 0.3) is 0 Å². The highest BCUT2D eigenvalue weighted by molar-refractivity contribution is 7.99. The average molecular weight is 390 g/mol. The number of nitrogens with one attached hydrogen (secondary N) is 1. The van der Waals surface area contributed by atoms with Crippen LogP contribution >= 0.6 is 11.8 Å². The minimum Gasteiger partial charge on any atom is -0.376 e. The Hall–Kier alpha value is -1.93. The summed E-state index contributed by atoms with van der Waals surface area (Å²) in [4.78, 5) is 12.5. The van der Waals surface area contributed by atoms with Crippen molar-refractivity contribution in [1.82, 2.24) is 25.5 Å². The van der Waals surface area contributed by atoms with E-state index in [0.29, 0.717) is 17.6 Å². The number of thioether (sulfide) groups is 1. The third kappa shape index (κ3) is 6.04. The van der Waals surface area contributed by atoms with Gasteiger partial charge in [-0.1, -0.05) is 55.9 Å². The number of amides is 1. The summed E-state index contributed by atoms with van der Waals surface area (Å²) in [5.74, 6) is 0.760. The normalized spacial score (nSPS) is 18.0. The van der Waals surface area contributed by atoms with E-state index < -0.39 is 0 Å². The first kappa shape index (κ1) is 19.8. The molecule has 7 nitrogen and oxygen atoms in total. The first-order valence-corrected chi connectivity index (χ1v) is 10.4. The van der Waals surface area contributed by atoms with Crippen molar-refractivity contribution in [2.24, 2.45) is 5.92 Å². The number of hydrogen-bond acceptors (Lipinski definition) is 6. The maximum Gasteiger partial charge on any atom is 0.230 e. The second kappa shape index (κ2) is 9.85. The summed E-state index contributed by atoms with van der Waals surface area (Å²) in [7, 11) is 0. The van der Waals surface area contributed by atoms with E-state index in [-0.39, 0.29) is 23.8 Å². The van der Waals surface area contributed by atoms with Gasteiger partial charge >= 0.3 is 0 Å². The van der Waals surface area contributed by atoms with Gasteiger partial charge in [-0.15, -0.1) is 5.10 Å². The molecule has 0 spiro atoms. The zero-order valence-electron chi connectivity index (χ0n) is 15.9. The minimum absolute atomic E-state index is 0.0128. The quantitative estimate of drug-likeness (QED) is 0.664. The van der Waals surface area contributed by atoms with Gasteiger partial charge in [0, 0.05) is 6.61 Å². The molecular formula is C19H27N5O2S. The maximum absolute atomic E-state index is 12.5. The van der Waals surface area contributed by atoms with Crippen molar-refractivity contribution >= 4 is 17.7 Å². The molecule has 1 aliphatic rings. The Morgan fingerprint density at radius 3 is 2.89 bits per heavy atom. The summed E-state index contributed by atoms with van der Waals surface area (Å²) in [5, 5.41) is 15.6. The molecule has 2 atom stereocenters. The van der Waals surface area contributed by atoms with E-state index in [4.69, 9.17) is 4.74 Å². The molecular weight excluding hydrogens is 362 g/mol. The van der Waals surface area contributed by atoms with Crippen molar-refractivity contribution in [2.45, 2.75) is 57.0 Å². The molecule has 0 radical (unpaired) electrons. The van der Waals surface area contributed by atoms with Crippen LogP contribution in [-0.4, -0.2) is 44.6 Å². The first-order chi connectivity index (χ1) is 13.1. The van der Waals surface area contributed by atoms with Gasteiger partial charge in [-0.05, 0) is 41.2 Å². The SMILES string of the molecule is CC(C)CC(NC(=O)CSc1nnnn1CC1CCCO1)c1ccccc1. The number of benzene rings is 1. The van der Waals surface area contributed by atoms with E-state index >= 15 is 0 Å². The number of hydrogen-bond donors (Lipinski definition) is 1. The second-order valence-electron chi connectivity index (χ2n) is 7.23. The smallest absolute Gasteiger partial charge is 0.230 e. The molecule has 146 valence electrons. The minimum atomic E-state index is -0.0128. The number of aromatic nitrogens is 4. The third-order valence-corrected chi connectivity index (χ3v) is 5.43. The van der Waals surface area contributed by atoms with E-state index in [0.717, 1.165) is 31.4 Å². The van der Waals surface area contributed by atoms with E-state index in [1.54, 1.807) is 4.68 Å². The molecule has 1 saturated heterocycles. The summed E-state index contributed by atoms with van der Waals surface area (Å²) in [6.45, 7) is 5.76. The maximum atomic E-state index is 12.5. The molecule has 0 bridgehead atoms. The predicted octanol–water partition coefficient (Wildman–Crippen LogP) is 2.85. The number of rotatable bonds is 9. The summed E-state index contributed by atoms with van der Waals surface area (Å²) < 4.78 is 7.37. The van der Waals surface area contributed by atoms with Crippen molar-refractivity contribution < 1.29 is 9.53 Å². The largest absolute Gasteiger partial charge is 0.376 e. The number of carbonyl (C=O) groups is 1. The molecule has 1 amide bonds. The molecule has 1 N–H and O–H groups in total. The molecule has 0 aliphatic carbocycles. The first-order valence-electron chi connectivity index (χ1n) is 9.46. The molecule has 27 heavy (non-hydrogen) atoms. The summed E-state index contributed by atoms with van der Waals surface area (Å²) >= 11 is 1.36. The average Bonchev–Trinajstić information content (AvgIpc) is 3.32. The molecule has 1 aromatic heterocycles. The highest BCUT2D eigenvalue weighted by Crippen LogP contribution is 2.22. The van der Waals surface area contributed by atoms with E-state index in [1.165, 1.54) is 11.8 Å². The lowest BCUT2D eigenvalue weighted by atomic mass is 9.97. The van der Waals surface area contributed by atoms with E-state index in [2.05, 4.69) is 46.8 Å². The Balaban J connectivity index is 1.54. The second-order valence-corrected chi connectivity index (χ2v) is 8.17. The van der Waals surface area contributed by atoms with Gasteiger partial charge in [-0.3, -0.25) is 4.79 Å². The van der Waals surface area contributed by atoms with Crippen LogP contribution in [0.1, 0.15) is 44.7 Å². The molecule has 2 heterocycles. The van der Waals surface area contributed by atoms with Crippen LogP contribution in [0.15, 0.2) is 35.5 Å². The van der Waals surface area contributed by atoms with Crippen LogP contribution in [0.2, 0.25) is 0 Å². The third-order valence-electron chi connectivity index (χ3n) is 4.48. The van der Waals surface area contributed by atoms with Gasteiger partial charge in [-0.25, -0.2) is 4.68 Å². The number of tetrazole rings is 1. The molecule has 1 aliphatic heterocycles.